The van der Waals surface area contributed by atoms with Crippen LogP contribution < -0.4 is 4.74 Å². The fourth-order valence-corrected chi connectivity index (χ4v) is 5.82. The van der Waals surface area contributed by atoms with E-state index in [1.165, 1.54) is 49.2 Å². The molecule has 0 saturated carbocycles. The number of hydrogen-bond donors (Lipinski definition) is 0. The maximum Gasteiger partial charge on any atom is 0.129 e. The largest absolute Gasteiger partial charge is 0.457 e. The Hall–Kier alpha value is -5.28. The van der Waals surface area contributed by atoms with Gasteiger partial charge in [-0.05, 0) is 77.5 Å². The molecule has 39 heavy (non-hydrogen) atoms. The molecule has 2 heterocycles. The van der Waals surface area contributed by atoms with E-state index in [1.807, 2.05) is 36.4 Å². The molecule has 0 fully saturated rings. The minimum Gasteiger partial charge on any atom is -0.457 e. The molecule has 0 amide bonds. The Morgan fingerprint density at radius 2 is 1.13 bits per heavy atom. The fraction of sp³-hybridized carbons (Fsp3) is 0. The first kappa shape index (κ1) is 21.8. The third-order valence-corrected chi connectivity index (χ3v) is 7.57. The Morgan fingerprint density at radius 1 is 0.410 bits per heavy atom. The van der Waals surface area contributed by atoms with Gasteiger partial charge in [0.2, 0.25) is 0 Å². The molecule has 0 spiro atoms. The van der Waals surface area contributed by atoms with Gasteiger partial charge in [-0.2, -0.15) is 0 Å². The molecule has 0 bridgehead atoms. The minimum atomic E-state index is 0.814. The molecule has 6 aromatic carbocycles. The van der Waals surface area contributed by atoms with Crippen LogP contribution in [-0.2, 0) is 0 Å². The molecule has 0 aliphatic carbocycles. The van der Waals surface area contributed by atoms with Crippen molar-refractivity contribution in [2.75, 3.05) is 0 Å². The zero-order valence-corrected chi connectivity index (χ0v) is 21.2. The van der Waals surface area contributed by atoms with Gasteiger partial charge >= 0.3 is 0 Å². The normalized spacial score (nSPS) is 11.6. The molecule has 0 N–H and O–H groups in total. The van der Waals surface area contributed by atoms with Crippen molar-refractivity contribution in [3.63, 3.8) is 0 Å². The van der Waals surface area contributed by atoms with Crippen molar-refractivity contribution in [1.82, 2.24) is 9.13 Å². The summed E-state index contributed by atoms with van der Waals surface area (Å²) in [4.78, 5) is 0. The molecule has 0 radical (unpaired) electrons. The Labute approximate surface area is 225 Å². The molecule has 8 aromatic rings. The van der Waals surface area contributed by atoms with Crippen molar-refractivity contribution in [2.24, 2.45) is 0 Å². The predicted octanol–water partition coefficient (Wildman–Crippen LogP) is 9.67. The van der Waals surface area contributed by atoms with Crippen LogP contribution in [0.1, 0.15) is 0 Å². The highest BCUT2D eigenvalue weighted by Crippen LogP contribution is 2.38. The van der Waals surface area contributed by atoms with Crippen molar-refractivity contribution in [3.8, 4) is 22.9 Å². The van der Waals surface area contributed by atoms with Crippen LogP contribution >= 0.6 is 0 Å². The van der Waals surface area contributed by atoms with Gasteiger partial charge in [0, 0.05) is 39.8 Å². The zero-order valence-electron chi connectivity index (χ0n) is 21.2. The molecule has 2 aromatic heterocycles. The number of ether oxygens (including phenoxy) is 1. The summed E-state index contributed by atoms with van der Waals surface area (Å²) in [6.07, 6.45) is 2.17. The fourth-order valence-electron chi connectivity index (χ4n) is 5.82. The molecule has 0 saturated heterocycles. The molecule has 8 rings (SSSR count). The van der Waals surface area contributed by atoms with Crippen LogP contribution in [0.5, 0.6) is 11.5 Å². The van der Waals surface area contributed by atoms with Gasteiger partial charge in [-0.3, -0.25) is 0 Å². The number of aromatic nitrogens is 2. The predicted molar refractivity (Wildman–Crippen MR) is 162 cm³/mol. The van der Waals surface area contributed by atoms with E-state index < -0.39 is 0 Å². The molecule has 3 heteroatoms. The molecule has 184 valence electrons. The number of rotatable bonds is 4. The molecule has 0 aliphatic heterocycles. The summed E-state index contributed by atoms with van der Waals surface area (Å²) in [5.41, 5.74) is 5.81. The van der Waals surface area contributed by atoms with Crippen molar-refractivity contribution < 1.29 is 4.74 Å². The van der Waals surface area contributed by atoms with Gasteiger partial charge in [-0.15, -0.1) is 0 Å². The van der Waals surface area contributed by atoms with Gasteiger partial charge in [-0.25, -0.2) is 0 Å². The average molecular weight is 501 g/mol. The van der Waals surface area contributed by atoms with E-state index in [-0.39, 0.29) is 0 Å². The first-order chi connectivity index (χ1) is 19.3. The Balaban J connectivity index is 1.35. The van der Waals surface area contributed by atoms with E-state index in [1.54, 1.807) is 0 Å². The summed E-state index contributed by atoms with van der Waals surface area (Å²) in [6.45, 7) is 0. The topological polar surface area (TPSA) is 19.1 Å². The van der Waals surface area contributed by atoms with Crippen LogP contribution in [0.15, 0.2) is 146 Å². The Kier molecular flexibility index (Phi) is 4.82. The number of fused-ring (bicyclic) bond motifs is 6. The van der Waals surface area contributed by atoms with Crippen LogP contribution in [0.4, 0.5) is 0 Å². The molecule has 0 aliphatic rings. The number of benzene rings is 6. The number of hydrogen-bond acceptors (Lipinski definition) is 1. The minimum absolute atomic E-state index is 0.814. The second-order valence-electron chi connectivity index (χ2n) is 9.88. The third-order valence-electron chi connectivity index (χ3n) is 7.57. The highest BCUT2D eigenvalue weighted by Gasteiger charge is 2.15. The summed E-state index contributed by atoms with van der Waals surface area (Å²) in [5, 5.41) is 6.23. The SMILES string of the molecule is c1ccc(Oc2cccc(-n3c4ccccc4c4cc5c(ccc6c5ccn6-c5ccccc5)cc43)c2)cc1. The van der Waals surface area contributed by atoms with Gasteiger partial charge in [-0.1, -0.05) is 66.7 Å². The first-order valence-corrected chi connectivity index (χ1v) is 13.2. The Bertz CT molecular complexity index is 2140. The van der Waals surface area contributed by atoms with Crippen LogP contribution in [0.25, 0.3) is 54.9 Å². The zero-order chi connectivity index (χ0) is 25.8. The lowest BCUT2D eigenvalue weighted by Gasteiger charge is -2.12. The lowest BCUT2D eigenvalue weighted by atomic mass is 10.0. The summed E-state index contributed by atoms with van der Waals surface area (Å²) >= 11 is 0. The second kappa shape index (κ2) is 8.64. The van der Waals surface area contributed by atoms with Gasteiger partial charge < -0.3 is 13.9 Å². The van der Waals surface area contributed by atoms with Crippen molar-refractivity contribution in [2.45, 2.75) is 0 Å². The van der Waals surface area contributed by atoms with Gasteiger partial charge in [0.25, 0.3) is 0 Å². The molecule has 0 unspecified atom stereocenters. The average Bonchev–Trinajstić information content (AvgIpc) is 3.57. The van der Waals surface area contributed by atoms with E-state index in [2.05, 4.69) is 118 Å². The quantitative estimate of drug-likeness (QED) is 0.235. The summed E-state index contributed by atoms with van der Waals surface area (Å²) < 4.78 is 10.8. The maximum atomic E-state index is 6.18. The highest BCUT2D eigenvalue weighted by molar-refractivity contribution is 6.18. The lowest BCUT2D eigenvalue weighted by molar-refractivity contribution is 0.482. The molecule has 0 atom stereocenters. The standard InChI is InChI=1S/C36H24N2O/c1-3-10-26(11-4-1)37-21-20-31-32-24-33-30-16-7-8-17-35(30)38(36(33)22-25(32)18-19-34(31)37)27-12-9-15-29(23-27)39-28-13-5-2-6-14-28/h1-24H. The van der Waals surface area contributed by atoms with Crippen LogP contribution in [0.3, 0.4) is 0 Å². The summed E-state index contributed by atoms with van der Waals surface area (Å²) in [7, 11) is 0. The third kappa shape index (κ3) is 3.52. The van der Waals surface area contributed by atoms with E-state index in [9.17, 15) is 0 Å². The first-order valence-electron chi connectivity index (χ1n) is 13.2. The molecular weight excluding hydrogens is 476 g/mol. The lowest BCUT2D eigenvalue weighted by Crippen LogP contribution is -1.95. The Morgan fingerprint density at radius 3 is 2.00 bits per heavy atom. The van der Waals surface area contributed by atoms with Gasteiger partial charge in [0.05, 0.1) is 16.6 Å². The van der Waals surface area contributed by atoms with E-state index in [0.717, 1.165) is 17.2 Å². The molecular formula is C36H24N2O. The maximum absolute atomic E-state index is 6.18. The molecule has 3 nitrogen and oxygen atoms in total. The highest BCUT2D eigenvalue weighted by atomic mass is 16.5. The van der Waals surface area contributed by atoms with Crippen molar-refractivity contribution in [3.05, 3.63) is 146 Å². The summed E-state index contributed by atoms with van der Waals surface area (Å²) in [6, 6.07) is 48.8. The van der Waals surface area contributed by atoms with E-state index >= 15 is 0 Å². The smallest absolute Gasteiger partial charge is 0.129 e. The number of nitrogens with zero attached hydrogens (tertiary/aromatic N) is 2. The van der Waals surface area contributed by atoms with Crippen LogP contribution in [0, 0.1) is 0 Å². The number of para-hydroxylation sites is 3. The van der Waals surface area contributed by atoms with Crippen molar-refractivity contribution >= 4 is 43.5 Å². The van der Waals surface area contributed by atoms with Crippen LogP contribution in [-0.4, -0.2) is 9.13 Å². The van der Waals surface area contributed by atoms with E-state index in [0.29, 0.717) is 0 Å². The summed E-state index contributed by atoms with van der Waals surface area (Å²) in [5.74, 6) is 1.64. The van der Waals surface area contributed by atoms with Gasteiger partial charge in [0.15, 0.2) is 0 Å². The van der Waals surface area contributed by atoms with E-state index in [4.69, 9.17) is 4.74 Å². The monoisotopic (exact) mass is 500 g/mol. The van der Waals surface area contributed by atoms with Crippen molar-refractivity contribution in [1.29, 1.82) is 0 Å². The van der Waals surface area contributed by atoms with Crippen LogP contribution in [0.2, 0.25) is 0 Å². The second-order valence-corrected chi connectivity index (χ2v) is 9.88. The van der Waals surface area contributed by atoms with Gasteiger partial charge in [0.1, 0.15) is 11.5 Å².